The molecule has 0 saturated carbocycles. The number of fused-ring (bicyclic) bond motifs is 1. The Kier molecular flexibility index (Phi) is 11.0. The summed E-state index contributed by atoms with van der Waals surface area (Å²) < 4.78 is 0. The van der Waals surface area contributed by atoms with E-state index in [2.05, 4.69) is 20.6 Å². The highest BCUT2D eigenvalue weighted by Crippen LogP contribution is 2.19. The van der Waals surface area contributed by atoms with E-state index in [9.17, 15) is 14.4 Å². The molecule has 0 aliphatic heterocycles. The molecule has 3 amide bonds. The Bertz CT molecular complexity index is 1020. The number of benzene rings is 1. The lowest BCUT2D eigenvalue weighted by atomic mass is 10.0. The average molecular weight is 488 g/mol. The average Bonchev–Trinajstić information content (AvgIpc) is 3.23. The van der Waals surface area contributed by atoms with Gasteiger partial charge in [0.15, 0.2) is 5.96 Å². The molecule has 0 bridgehead atoms. The van der Waals surface area contributed by atoms with Crippen LogP contribution < -0.4 is 39.3 Å². The maximum absolute atomic E-state index is 13.2. The molecular weight excluding hydrogens is 450 g/mol. The first-order valence-corrected chi connectivity index (χ1v) is 11.7. The van der Waals surface area contributed by atoms with E-state index in [1.54, 1.807) is 6.20 Å². The molecule has 0 aliphatic rings. The minimum absolute atomic E-state index is 0.0611. The smallest absolute Gasteiger partial charge is 0.243 e. The zero-order chi connectivity index (χ0) is 25.8. The number of aliphatic imine (C=N–C) groups is 1. The van der Waals surface area contributed by atoms with Crippen molar-refractivity contribution in [1.82, 2.24) is 15.6 Å². The number of rotatable bonds is 15. The fourth-order valence-electron chi connectivity index (χ4n) is 3.71. The Balaban J connectivity index is 2.15. The van der Waals surface area contributed by atoms with Crippen LogP contribution >= 0.6 is 0 Å². The molecule has 0 aliphatic carbocycles. The molecule has 192 valence electrons. The molecule has 13 N–H and O–H groups in total. The van der Waals surface area contributed by atoms with Gasteiger partial charge < -0.3 is 44.3 Å². The number of primary amides is 1. The van der Waals surface area contributed by atoms with Crippen LogP contribution in [0.25, 0.3) is 10.9 Å². The lowest BCUT2D eigenvalue weighted by Crippen LogP contribution is -2.56. The van der Waals surface area contributed by atoms with Gasteiger partial charge in [0.1, 0.15) is 12.1 Å². The summed E-state index contributed by atoms with van der Waals surface area (Å²) in [4.78, 5) is 44.9. The lowest BCUT2D eigenvalue weighted by molar-refractivity contribution is -0.131. The van der Waals surface area contributed by atoms with Crippen molar-refractivity contribution < 1.29 is 14.4 Å². The Morgan fingerprint density at radius 1 is 0.943 bits per heavy atom. The lowest BCUT2D eigenvalue weighted by Gasteiger charge is -2.23. The van der Waals surface area contributed by atoms with Gasteiger partial charge in [0.25, 0.3) is 0 Å². The number of H-pyrrole nitrogens is 1. The summed E-state index contributed by atoms with van der Waals surface area (Å²) in [6, 6.07) is 4.92. The van der Waals surface area contributed by atoms with E-state index >= 15 is 0 Å². The second kappa shape index (κ2) is 13.9. The molecule has 2 rings (SSSR count). The maximum atomic E-state index is 13.2. The Morgan fingerprint density at radius 3 is 2.34 bits per heavy atom. The van der Waals surface area contributed by atoms with E-state index in [-0.39, 0.29) is 25.3 Å². The van der Waals surface area contributed by atoms with Crippen molar-refractivity contribution in [3.63, 3.8) is 0 Å². The number of carbonyl (C=O) groups excluding carboxylic acids is 3. The number of nitrogens with two attached hydrogens (primary N) is 5. The van der Waals surface area contributed by atoms with Crippen molar-refractivity contribution in [3.8, 4) is 0 Å². The van der Waals surface area contributed by atoms with Crippen LogP contribution in [-0.4, -0.2) is 59.9 Å². The Hall–Kier alpha value is -3.64. The molecule has 0 fully saturated rings. The zero-order valence-corrected chi connectivity index (χ0v) is 19.8. The molecule has 1 aromatic heterocycles. The number of nitrogens with one attached hydrogen (secondary N) is 3. The summed E-state index contributed by atoms with van der Waals surface area (Å²) in [6.07, 6.45) is 4.54. The molecule has 12 heteroatoms. The number of guanidine groups is 1. The van der Waals surface area contributed by atoms with Gasteiger partial charge in [0, 0.05) is 30.1 Å². The van der Waals surface area contributed by atoms with Crippen LogP contribution in [0.2, 0.25) is 0 Å². The normalized spacial score (nSPS) is 13.5. The summed E-state index contributed by atoms with van der Waals surface area (Å²) in [6.45, 7) is 0.798. The first-order valence-electron chi connectivity index (χ1n) is 11.7. The van der Waals surface area contributed by atoms with Gasteiger partial charge in [-0.3, -0.25) is 19.4 Å². The molecule has 35 heavy (non-hydrogen) atoms. The van der Waals surface area contributed by atoms with Gasteiger partial charge in [-0.15, -0.1) is 0 Å². The second-order valence-electron chi connectivity index (χ2n) is 8.43. The van der Waals surface area contributed by atoms with Crippen molar-refractivity contribution in [3.05, 3.63) is 36.0 Å². The highest BCUT2D eigenvalue weighted by atomic mass is 16.2. The molecule has 0 spiro atoms. The predicted molar refractivity (Wildman–Crippen MR) is 136 cm³/mol. The highest BCUT2D eigenvalue weighted by molar-refractivity contribution is 5.93. The van der Waals surface area contributed by atoms with Crippen molar-refractivity contribution in [1.29, 1.82) is 0 Å². The number of amides is 3. The SMILES string of the molecule is NCCCC[C@H](N)C(=O)N[C@@H](Cc1c[nH]c2ccccc12)C(=O)N[C@H](CCCN=C(N)N)C(N)=O. The van der Waals surface area contributed by atoms with E-state index in [0.717, 1.165) is 22.9 Å². The van der Waals surface area contributed by atoms with Crippen LogP contribution in [0.15, 0.2) is 35.5 Å². The summed E-state index contributed by atoms with van der Waals surface area (Å²) in [7, 11) is 0. The zero-order valence-electron chi connectivity index (χ0n) is 19.8. The van der Waals surface area contributed by atoms with Gasteiger partial charge in [-0.05, 0) is 43.9 Å². The quantitative estimate of drug-likeness (QED) is 0.0855. The number of carbonyl (C=O) groups is 3. The van der Waals surface area contributed by atoms with Gasteiger partial charge in [-0.25, -0.2) is 0 Å². The van der Waals surface area contributed by atoms with Gasteiger partial charge in [-0.2, -0.15) is 0 Å². The standard InChI is InChI=1S/C23H37N9O3/c24-10-4-3-7-16(25)21(34)32-19(12-14-13-30-17-8-2-1-6-15(14)17)22(35)31-18(20(26)33)9-5-11-29-23(27)28/h1-2,6,8,13,16,18-19,30H,3-5,7,9-12,24-25H2,(H2,26,33)(H,31,35)(H,32,34)(H4,27,28,29)/t16-,18+,19-/m0/s1. The molecule has 1 heterocycles. The first kappa shape index (κ1) is 27.6. The Morgan fingerprint density at radius 2 is 1.66 bits per heavy atom. The van der Waals surface area contributed by atoms with E-state index in [0.29, 0.717) is 25.8 Å². The largest absolute Gasteiger partial charge is 0.370 e. The highest BCUT2D eigenvalue weighted by Gasteiger charge is 2.28. The molecule has 3 atom stereocenters. The molecule has 1 aromatic carbocycles. The maximum Gasteiger partial charge on any atom is 0.243 e. The van der Waals surface area contributed by atoms with Crippen LogP contribution in [0.3, 0.4) is 0 Å². The molecule has 2 aromatic rings. The van der Waals surface area contributed by atoms with Gasteiger partial charge in [0.2, 0.25) is 17.7 Å². The van der Waals surface area contributed by atoms with Crippen LogP contribution in [0.4, 0.5) is 0 Å². The summed E-state index contributed by atoms with van der Waals surface area (Å²) >= 11 is 0. The molecule has 0 radical (unpaired) electrons. The summed E-state index contributed by atoms with van der Waals surface area (Å²) in [5, 5.41) is 6.33. The van der Waals surface area contributed by atoms with Crippen molar-refractivity contribution in [2.24, 2.45) is 33.7 Å². The molecule has 0 saturated heterocycles. The van der Waals surface area contributed by atoms with Crippen molar-refractivity contribution >= 4 is 34.6 Å². The number of aromatic amines is 1. The summed E-state index contributed by atoms with van der Waals surface area (Å²) in [5.74, 6) is -1.75. The second-order valence-corrected chi connectivity index (χ2v) is 8.43. The number of aromatic nitrogens is 1. The minimum atomic E-state index is -0.971. The first-order chi connectivity index (χ1) is 16.7. The van der Waals surface area contributed by atoms with Crippen molar-refractivity contribution in [2.45, 2.75) is 56.7 Å². The third-order valence-electron chi connectivity index (χ3n) is 5.64. The van der Waals surface area contributed by atoms with Gasteiger partial charge in [-0.1, -0.05) is 24.6 Å². The number of hydrogen-bond acceptors (Lipinski definition) is 6. The van der Waals surface area contributed by atoms with E-state index in [4.69, 9.17) is 28.7 Å². The molecule has 12 nitrogen and oxygen atoms in total. The third kappa shape index (κ3) is 8.91. The van der Waals surface area contributed by atoms with Crippen molar-refractivity contribution in [2.75, 3.05) is 13.1 Å². The number of nitrogens with zero attached hydrogens (tertiary/aromatic N) is 1. The fraction of sp³-hybridized carbons (Fsp3) is 0.478. The van der Waals surface area contributed by atoms with Crippen LogP contribution in [-0.2, 0) is 20.8 Å². The van der Waals surface area contributed by atoms with E-state index < -0.39 is 35.8 Å². The Labute approximate surface area is 204 Å². The fourth-order valence-corrected chi connectivity index (χ4v) is 3.71. The monoisotopic (exact) mass is 487 g/mol. The van der Waals surface area contributed by atoms with E-state index in [1.165, 1.54) is 0 Å². The number of unbranched alkanes of at least 4 members (excludes halogenated alkanes) is 1. The number of para-hydroxylation sites is 1. The number of hydrogen-bond donors (Lipinski definition) is 8. The third-order valence-corrected chi connectivity index (χ3v) is 5.64. The molecular formula is C23H37N9O3. The van der Waals surface area contributed by atoms with Crippen LogP contribution in [0, 0.1) is 0 Å². The summed E-state index contributed by atoms with van der Waals surface area (Å²) in [5.41, 5.74) is 29.4. The van der Waals surface area contributed by atoms with Crippen LogP contribution in [0.1, 0.15) is 37.7 Å². The predicted octanol–water partition coefficient (Wildman–Crippen LogP) is -1.32. The topological polar surface area (TPSA) is 234 Å². The minimum Gasteiger partial charge on any atom is -0.370 e. The van der Waals surface area contributed by atoms with Gasteiger partial charge in [0.05, 0.1) is 6.04 Å². The van der Waals surface area contributed by atoms with E-state index in [1.807, 2.05) is 24.3 Å². The van der Waals surface area contributed by atoms with Crippen LogP contribution in [0.5, 0.6) is 0 Å². The van der Waals surface area contributed by atoms with Gasteiger partial charge >= 0.3 is 0 Å². The molecule has 0 unspecified atom stereocenters.